The SMILES string of the molecule is O=C(O)/C(=C/c1ccc(OCc2ccc(Cl)cc2Cl)c(Br)c1)Sc1n[nH]c(-c2ccc(Cl)cc2)n1. The summed E-state index contributed by atoms with van der Waals surface area (Å²) >= 11 is 22.5. The maximum atomic E-state index is 11.9. The highest BCUT2D eigenvalue weighted by atomic mass is 79.9. The summed E-state index contributed by atoms with van der Waals surface area (Å²) in [6.45, 7) is 0.251. The zero-order valence-electron chi connectivity index (χ0n) is 17.6. The summed E-state index contributed by atoms with van der Waals surface area (Å²) in [4.78, 5) is 16.3. The van der Waals surface area contributed by atoms with Crippen molar-refractivity contribution in [1.29, 1.82) is 0 Å². The van der Waals surface area contributed by atoms with Crippen molar-refractivity contribution in [3.63, 3.8) is 0 Å². The van der Waals surface area contributed by atoms with Gasteiger partial charge in [-0.1, -0.05) is 46.9 Å². The second kappa shape index (κ2) is 11.5. The predicted octanol–water partition coefficient (Wildman–Crippen LogP) is 7.99. The number of nitrogens with one attached hydrogen (secondary N) is 1. The molecule has 1 aromatic heterocycles. The van der Waals surface area contributed by atoms with Crippen molar-refractivity contribution in [3.8, 4) is 17.1 Å². The molecule has 0 aliphatic heterocycles. The summed E-state index contributed by atoms with van der Waals surface area (Å²) in [6, 6.07) is 17.5. The fraction of sp³-hybridized carbons (Fsp3) is 0.0417. The zero-order chi connectivity index (χ0) is 24.9. The molecule has 0 aliphatic carbocycles. The second-order valence-corrected chi connectivity index (χ2v) is 10.2. The molecule has 0 bridgehead atoms. The number of thioether (sulfide) groups is 1. The number of H-pyrrole nitrogens is 1. The van der Waals surface area contributed by atoms with Crippen LogP contribution in [-0.2, 0) is 11.4 Å². The van der Waals surface area contributed by atoms with Gasteiger partial charge in [0, 0.05) is 26.2 Å². The van der Waals surface area contributed by atoms with Crippen molar-refractivity contribution < 1.29 is 14.6 Å². The van der Waals surface area contributed by atoms with E-state index in [1.54, 1.807) is 60.7 Å². The number of benzene rings is 3. The van der Waals surface area contributed by atoms with E-state index in [1.165, 1.54) is 6.08 Å². The van der Waals surface area contributed by atoms with Crippen molar-refractivity contribution in [3.05, 3.63) is 96.2 Å². The molecular formula is C24H15BrCl3N3O3S. The van der Waals surface area contributed by atoms with Crippen LogP contribution in [0.3, 0.4) is 0 Å². The Balaban J connectivity index is 1.48. The lowest BCUT2D eigenvalue weighted by Crippen LogP contribution is -1.98. The van der Waals surface area contributed by atoms with Crippen molar-refractivity contribution >= 4 is 74.5 Å². The van der Waals surface area contributed by atoms with E-state index in [1.807, 2.05) is 0 Å². The first-order valence-corrected chi connectivity index (χ1v) is 12.7. The van der Waals surface area contributed by atoms with Crippen LogP contribution in [0.25, 0.3) is 17.5 Å². The number of aromatic amines is 1. The number of hydrogen-bond acceptors (Lipinski definition) is 5. The quantitative estimate of drug-likeness (QED) is 0.155. The van der Waals surface area contributed by atoms with E-state index in [9.17, 15) is 9.90 Å². The first-order valence-electron chi connectivity index (χ1n) is 9.96. The van der Waals surface area contributed by atoms with E-state index in [0.717, 1.165) is 22.9 Å². The molecule has 0 aliphatic rings. The minimum absolute atomic E-state index is 0.0557. The van der Waals surface area contributed by atoms with Crippen molar-refractivity contribution in [2.24, 2.45) is 0 Å². The third-order valence-corrected chi connectivity index (χ3v) is 6.98. The average molecular weight is 612 g/mol. The summed E-state index contributed by atoms with van der Waals surface area (Å²) in [5.74, 6) is -0.000108. The third kappa shape index (κ3) is 6.80. The highest BCUT2D eigenvalue weighted by Crippen LogP contribution is 2.32. The summed E-state index contributed by atoms with van der Waals surface area (Å²) in [5.41, 5.74) is 2.24. The lowest BCUT2D eigenvalue weighted by molar-refractivity contribution is -0.131. The molecular weight excluding hydrogens is 597 g/mol. The Kier molecular flexibility index (Phi) is 8.41. The number of nitrogens with zero attached hydrogens (tertiary/aromatic N) is 2. The van der Waals surface area contributed by atoms with E-state index in [2.05, 4.69) is 31.1 Å². The van der Waals surface area contributed by atoms with Gasteiger partial charge < -0.3 is 9.84 Å². The van der Waals surface area contributed by atoms with E-state index in [4.69, 9.17) is 39.5 Å². The Morgan fingerprint density at radius 2 is 1.80 bits per heavy atom. The smallest absolute Gasteiger partial charge is 0.342 e. The van der Waals surface area contributed by atoms with Gasteiger partial charge in [0.1, 0.15) is 17.3 Å². The van der Waals surface area contributed by atoms with Crippen LogP contribution >= 0.6 is 62.5 Å². The van der Waals surface area contributed by atoms with Gasteiger partial charge in [0.2, 0.25) is 5.16 Å². The molecule has 35 heavy (non-hydrogen) atoms. The van der Waals surface area contributed by atoms with E-state index < -0.39 is 5.97 Å². The fourth-order valence-electron chi connectivity index (χ4n) is 2.93. The molecule has 6 nitrogen and oxygen atoms in total. The van der Waals surface area contributed by atoms with Gasteiger partial charge in [-0.2, -0.15) is 0 Å². The van der Waals surface area contributed by atoms with Crippen molar-refractivity contribution in [2.75, 3.05) is 0 Å². The van der Waals surface area contributed by atoms with Gasteiger partial charge >= 0.3 is 5.97 Å². The van der Waals surface area contributed by atoms with Gasteiger partial charge in [-0.3, -0.25) is 5.10 Å². The van der Waals surface area contributed by atoms with Gasteiger partial charge in [0.05, 0.1) is 4.47 Å². The Labute approximate surface area is 228 Å². The van der Waals surface area contributed by atoms with E-state index >= 15 is 0 Å². The minimum atomic E-state index is -1.10. The molecule has 2 N–H and O–H groups in total. The van der Waals surface area contributed by atoms with Crippen LogP contribution in [0, 0.1) is 0 Å². The largest absolute Gasteiger partial charge is 0.488 e. The lowest BCUT2D eigenvalue weighted by atomic mass is 10.2. The first kappa shape index (κ1) is 25.6. The molecule has 178 valence electrons. The van der Waals surface area contributed by atoms with Crippen LogP contribution in [0.4, 0.5) is 0 Å². The molecule has 0 spiro atoms. The summed E-state index contributed by atoms with van der Waals surface area (Å²) in [7, 11) is 0. The highest BCUT2D eigenvalue weighted by molar-refractivity contribution is 9.10. The maximum Gasteiger partial charge on any atom is 0.342 e. The van der Waals surface area contributed by atoms with Crippen LogP contribution in [0.15, 0.2) is 75.2 Å². The summed E-state index contributed by atoms with van der Waals surface area (Å²) in [6.07, 6.45) is 1.54. The Morgan fingerprint density at radius 3 is 2.49 bits per heavy atom. The van der Waals surface area contributed by atoms with Gasteiger partial charge in [0.25, 0.3) is 0 Å². The van der Waals surface area contributed by atoms with Crippen molar-refractivity contribution in [2.45, 2.75) is 11.8 Å². The number of rotatable bonds is 8. The molecule has 0 fully saturated rings. The van der Waals surface area contributed by atoms with Gasteiger partial charge in [-0.05, 0) is 87.9 Å². The lowest BCUT2D eigenvalue weighted by Gasteiger charge is -2.10. The Morgan fingerprint density at radius 1 is 1.06 bits per heavy atom. The number of ether oxygens (including phenoxy) is 1. The van der Waals surface area contributed by atoms with Gasteiger partial charge in [0.15, 0.2) is 5.82 Å². The average Bonchev–Trinajstić information content (AvgIpc) is 3.28. The summed E-state index contributed by atoms with van der Waals surface area (Å²) in [5, 5.41) is 18.6. The molecule has 0 unspecified atom stereocenters. The molecule has 0 amide bonds. The number of hydrogen-bond donors (Lipinski definition) is 2. The Hall–Kier alpha value is -2.49. The van der Waals surface area contributed by atoms with Crippen LogP contribution in [0.5, 0.6) is 5.75 Å². The van der Waals surface area contributed by atoms with Gasteiger partial charge in [-0.15, -0.1) is 5.10 Å². The van der Waals surface area contributed by atoms with Crippen LogP contribution in [0.2, 0.25) is 15.1 Å². The molecule has 0 radical (unpaired) electrons. The summed E-state index contributed by atoms with van der Waals surface area (Å²) < 4.78 is 6.51. The normalized spacial score (nSPS) is 11.5. The molecule has 0 saturated carbocycles. The zero-order valence-corrected chi connectivity index (χ0v) is 22.3. The molecule has 0 atom stereocenters. The highest BCUT2D eigenvalue weighted by Gasteiger charge is 2.15. The van der Waals surface area contributed by atoms with Crippen LogP contribution in [-0.4, -0.2) is 26.3 Å². The molecule has 1 heterocycles. The second-order valence-electron chi connectivity index (χ2n) is 7.10. The fourth-order valence-corrected chi connectivity index (χ4v) is 4.74. The standard InChI is InChI=1S/C24H15BrCl3N3O3S/c25-18-9-13(1-8-20(18)34-12-15-4-7-17(27)11-19(15)28)10-21(23(32)33)35-24-29-22(30-31-24)14-2-5-16(26)6-3-14/h1-11H,12H2,(H,32,33)(H,29,30,31)/b21-10-. The number of aliphatic carboxylic acids is 1. The molecule has 0 saturated heterocycles. The Bertz CT molecular complexity index is 1410. The van der Waals surface area contributed by atoms with E-state index in [0.29, 0.717) is 36.7 Å². The number of aromatic nitrogens is 3. The topological polar surface area (TPSA) is 88.1 Å². The van der Waals surface area contributed by atoms with E-state index in [-0.39, 0.29) is 16.7 Å². The van der Waals surface area contributed by atoms with Crippen molar-refractivity contribution in [1.82, 2.24) is 15.2 Å². The molecule has 3 aromatic carbocycles. The third-order valence-electron chi connectivity index (χ3n) is 4.65. The molecule has 11 heteroatoms. The minimum Gasteiger partial charge on any atom is -0.488 e. The number of carboxylic acids is 1. The number of carbonyl (C=O) groups is 1. The molecule has 4 aromatic rings. The van der Waals surface area contributed by atoms with Gasteiger partial charge in [-0.25, -0.2) is 9.78 Å². The number of carboxylic acid groups (broad SMARTS) is 1. The van der Waals surface area contributed by atoms with Crippen LogP contribution in [0.1, 0.15) is 11.1 Å². The monoisotopic (exact) mass is 609 g/mol. The first-order chi connectivity index (χ1) is 16.8. The number of halogens is 4. The van der Waals surface area contributed by atoms with Crippen LogP contribution < -0.4 is 4.74 Å². The maximum absolute atomic E-state index is 11.9. The molecule has 4 rings (SSSR count). The predicted molar refractivity (Wildman–Crippen MR) is 143 cm³/mol.